The van der Waals surface area contributed by atoms with Crippen molar-refractivity contribution in [1.29, 1.82) is 0 Å². The predicted molar refractivity (Wildman–Crippen MR) is 151 cm³/mol. The van der Waals surface area contributed by atoms with Crippen LogP contribution in [0.3, 0.4) is 0 Å². The maximum absolute atomic E-state index is 13.6. The van der Waals surface area contributed by atoms with Crippen LogP contribution in [0.4, 0.5) is 4.39 Å². The number of halogens is 3. The summed E-state index contributed by atoms with van der Waals surface area (Å²) in [6.45, 7) is 5.90. The van der Waals surface area contributed by atoms with Crippen LogP contribution < -0.4 is 5.32 Å². The predicted octanol–water partition coefficient (Wildman–Crippen LogP) is 6.92. The van der Waals surface area contributed by atoms with Gasteiger partial charge in [0.15, 0.2) is 0 Å². The average Bonchev–Trinajstić information content (AvgIpc) is 2.84. The number of amides is 2. The molecule has 4 nitrogen and oxygen atoms in total. The van der Waals surface area contributed by atoms with E-state index in [0.717, 1.165) is 16.7 Å². The molecule has 3 aromatic rings. The van der Waals surface area contributed by atoms with Crippen LogP contribution >= 0.6 is 35.0 Å². The van der Waals surface area contributed by atoms with Crippen LogP contribution in [0.15, 0.2) is 72.8 Å². The molecule has 0 unspecified atom stereocenters. The molecule has 0 spiro atoms. The van der Waals surface area contributed by atoms with E-state index in [9.17, 15) is 14.0 Å². The van der Waals surface area contributed by atoms with Crippen molar-refractivity contribution < 1.29 is 14.0 Å². The molecular formula is C29H31Cl2FN2O2S. The van der Waals surface area contributed by atoms with Gasteiger partial charge in [-0.2, -0.15) is 0 Å². The summed E-state index contributed by atoms with van der Waals surface area (Å²) in [6, 6.07) is 20.3. The van der Waals surface area contributed by atoms with E-state index in [0.29, 0.717) is 22.2 Å². The molecule has 1 N–H and O–H groups in total. The molecule has 196 valence electrons. The van der Waals surface area contributed by atoms with E-state index < -0.39 is 11.6 Å². The van der Waals surface area contributed by atoms with Crippen molar-refractivity contribution in [3.63, 3.8) is 0 Å². The monoisotopic (exact) mass is 560 g/mol. The van der Waals surface area contributed by atoms with Gasteiger partial charge in [0.1, 0.15) is 11.9 Å². The fraction of sp³-hybridized carbons (Fsp3) is 0.310. The standard InChI is InChI=1S/C29H31Cl2FN2O2S/c1-29(2,3)33-28(36)26(16-20-7-5-4-6-8-20)34(17-21-9-12-23(32)13-10-21)27(35)19-37-18-22-11-14-24(30)25(31)15-22/h4-15,26H,16-19H2,1-3H3,(H,33,36)/t26-/m1/s1. The first kappa shape index (κ1) is 29.0. The van der Waals surface area contributed by atoms with Gasteiger partial charge in [0.25, 0.3) is 0 Å². The maximum atomic E-state index is 13.6. The zero-order valence-electron chi connectivity index (χ0n) is 21.1. The summed E-state index contributed by atoms with van der Waals surface area (Å²) in [6.07, 6.45) is 0.354. The molecular weight excluding hydrogens is 530 g/mol. The number of thioether (sulfide) groups is 1. The molecule has 0 fully saturated rings. The first-order chi connectivity index (χ1) is 17.5. The highest BCUT2D eigenvalue weighted by molar-refractivity contribution is 7.99. The molecule has 8 heteroatoms. The van der Waals surface area contributed by atoms with Gasteiger partial charge < -0.3 is 10.2 Å². The molecule has 0 aliphatic carbocycles. The highest BCUT2D eigenvalue weighted by Crippen LogP contribution is 2.25. The average molecular weight is 562 g/mol. The Morgan fingerprint density at radius 1 is 0.919 bits per heavy atom. The van der Waals surface area contributed by atoms with Crippen molar-refractivity contribution >= 4 is 46.8 Å². The van der Waals surface area contributed by atoms with Gasteiger partial charge in [-0.1, -0.05) is 71.7 Å². The summed E-state index contributed by atoms with van der Waals surface area (Å²) in [7, 11) is 0. The van der Waals surface area contributed by atoms with Crippen molar-refractivity contribution in [3.05, 3.63) is 105 Å². The Balaban J connectivity index is 1.86. The van der Waals surface area contributed by atoms with Crippen molar-refractivity contribution in [2.45, 2.75) is 51.1 Å². The Bertz CT molecular complexity index is 1200. The molecule has 0 saturated carbocycles. The minimum atomic E-state index is -0.746. The first-order valence-corrected chi connectivity index (χ1v) is 13.8. The summed E-state index contributed by atoms with van der Waals surface area (Å²) in [5.74, 6) is -0.0501. The van der Waals surface area contributed by atoms with E-state index >= 15 is 0 Å². The lowest BCUT2D eigenvalue weighted by molar-refractivity contribution is -0.140. The Labute approximate surface area is 232 Å². The van der Waals surface area contributed by atoms with Crippen LogP contribution in [0.1, 0.15) is 37.5 Å². The Hall–Kier alpha value is -2.54. The third-order valence-corrected chi connectivity index (χ3v) is 7.24. The SMILES string of the molecule is CC(C)(C)NC(=O)[C@@H](Cc1ccccc1)N(Cc1ccc(F)cc1)C(=O)CSCc1ccc(Cl)c(Cl)c1. The first-order valence-electron chi connectivity index (χ1n) is 11.9. The van der Waals surface area contributed by atoms with Gasteiger partial charge in [-0.3, -0.25) is 9.59 Å². The second-order valence-electron chi connectivity index (χ2n) is 9.83. The zero-order valence-corrected chi connectivity index (χ0v) is 23.5. The van der Waals surface area contributed by atoms with Gasteiger partial charge in [-0.05, 0) is 61.7 Å². The number of nitrogens with one attached hydrogen (secondary N) is 1. The minimum absolute atomic E-state index is 0.162. The van der Waals surface area contributed by atoms with Crippen LogP contribution in [0, 0.1) is 5.82 Å². The second-order valence-corrected chi connectivity index (χ2v) is 11.6. The molecule has 0 heterocycles. The van der Waals surface area contributed by atoms with E-state index in [-0.39, 0.29) is 29.9 Å². The summed E-state index contributed by atoms with van der Waals surface area (Å²) in [5, 5.41) is 3.98. The fourth-order valence-electron chi connectivity index (χ4n) is 3.76. The van der Waals surface area contributed by atoms with E-state index in [1.165, 1.54) is 23.9 Å². The smallest absolute Gasteiger partial charge is 0.243 e. The number of hydrogen-bond acceptors (Lipinski definition) is 3. The summed E-state index contributed by atoms with van der Waals surface area (Å²) in [5.41, 5.74) is 2.16. The van der Waals surface area contributed by atoms with Crippen molar-refractivity contribution in [2.75, 3.05) is 5.75 Å². The second kappa shape index (κ2) is 13.3. The molecule has 3 rings (SSSR count). The third kappa shape index (κ3) is 9.37. The maximum Gasteiger partial charge on any atom is 0.243 e. The third-order valence-electron chi connectivity index (χ3n) is 5.51. The zero-order chi connectivity index (χ0) is 27.0. The molecule has 0 radical (unpaired) electrons. The molecule has 0 aliphatic heterocycles. The molecule has 0 bridgehead atoms. The Morgan fingerprint density at radius 3 is 2.19 bits per heavy atom. The minimum Gasteiger partial charge on any atom is -0.350 e. The molecule has 37 heavy (non-hydrogen) atoms. The van der Waals surface area contributed by atoms with Gasteiger partial charge >= 0.3 is 0 Å². The summed E-state index contributed by atoms with van der Waals surface area (Å²) < 4.78 is 13.6. The number of hydrogen-bond donors (Lipinski definition) is 1. The molecule has 0 aromatic heterocycles. The van der Waals surface area contributed by atoms with Crippen LogP contribution in [-0.4, -0.2) is 34.0 Å². The Morgan fingerprint density at radius 2 is 1.57 bits per heavy atom. The van der Waals surface area contributed by atoms with Crippen molar-refractivity contribution in [2.24, 2.45) is 0 Å². The van der Waals surface area contributed by atoms with Crippen LogP contribution in [-0.2, 0) is 28.3 Å². The van der Waals surface area contributed by atoms with Crippen LogP contribution in [0.25, 0.3) is 0 Å². The topological polar surface area (TPSA) is 49.4 Å². The number of carbonyl (C=O) groups excluding carboxylic acids is 2. The molecule has 3 aromatic carbocycles. The quantitative estimate of drug-likeness (QED) is 0.292. The molecule has 0 saturated heterocycles. The Kier molecular flexibility index (Phi) is 10.4. The van der Waals surface area contributed by atoms with Gasteiger partial charge in [-0.25, -0.2) is 4.39 Å². The lowest BCUT2D eigenvalue weighted by Crippen LogP contribution is -2.54. The number of carbonyl (C=O) groups is 2. The molecule has 2 amide bonds. The number of rotatable bonds is 10. The van der Waals surface area contributed by atoms with E-state index in [1.54, 1.807) is 29.2 Å². The van der Waals surface area contributed by atoms with E-state index in [2.05, 4.69) is 5.32 Å². The van der Waals surface area contributed by atoms with Gasteiger partial charge in [0.05, 0.1) is 15.8 Å². The fourth-order valence-corrected chi connectivity index (χ4v) is 4.94. The largest absolute Gasteiger partial charge is 0.350 e. The highest BCUT2D eigenvalue weighted by Gasteiger charge is 2.32. The summed E-state index contributed by atoms with van der Waals surface area (Å²) >= 11 is 13.6. The van der Waals surface area contributed by atoms with Gasteiger partial charge in [0, 0.05) is 24.3 Å². The number of nitrogens with zero attached hydrogens (tertiary/aromatic N) is 1. The lowest BCUT2D eigenvalue weighted by Gasteiger charge is -2.34. The highest BCUT2D eigenvalue weighted by atomic mass is 35.5. The van der Waals surface area contributed by atoms with Crippen LogP contribution in [0.5, 0.6) is 0 Å². The van der Waals surface area contributed by atoms with Gasteiger partial charge in [-0.15, -0.1) is 11.8 Å². The normalized spacial score (nSPS) is 12.2. The van der Waals surface area contributed by atoms with E-state index in [4.69, 9.17) is 23.2 Å². The van der Waals surface area contributed by atoms with Crippen LogP contribution in [0.2, 0.25) is 10.0 Å². The lowest BCUT2D eigenvalue weighted by atomic mass is 10.0. The molecule has 1 atom stereocenters. The number of benzene rings is 3. The molecule has 0 aliphatic rings. The van der Waals surface area contributed by atoms with Gasteiger partial charge in [0.2, 0.25) is 11.8 Å². The van der Waals surface area contributed by atoms with Crippen molar-refractivity contribution in [1.82, 2.24) is 10.2 Å². The van der Waals surface area contributed by atoms with E-state index in [1.807, 2.05) is 57.2 Å². The summed E-state index contributed by atoms with van der Waals surface area (Å²) in [4.78, 5) is 28.8. The van der Waals surface area contributed by atoms with Crippen molar-refractivity contribution in [3.8, 4) is 0 Å².